The average Bonchev–Trinajstić information content (AvgIpc) is 2.38. The van der Waals surface area contributed by atoms with Gasteiger partial charge in [-0.15, -0.1) is 0 Å². The van der Waals surface area contributed by atoms with Gasteiger partial charge in [0.2, 0.25) is 12.2 Å². The van der Waals surface area contributed by atoms with Gasteiger partial charge in [-0.05, 0) is 40.5 Å². The molecule has 0 amide bonds. The molecule has 0 radical (unpaired) electrons. The monoisotopic (exact) mass is 300 g/mol. The van der Waals surface area contributed by atoms with Crippen LogP contribution < -0.4 is 0 Å². The molecule has 0 aromatic heterocycles. The van der Waals surface area contributed by atoms with Gasteiger partial charge in [-0.2, -0.15) is 9.98 Å². The number of ether oxygens (including phenoxy) is 3. The molecule has 120 valence electrons. The third kappa shape index (κ3) is 12.1. The van der Waals surface area contributed by atoms with Crippen molar-refractivity contribution in [3.05, 3.63) is 0 Å². The molecule has 0 saturated heterocycles. The van der Waals surface area contributed by atoms with Gasteiger partial charge >= 0.3 is 0 Å². The number of hydrogen-bond donors (Lipinski definition) is 0. The summed E-state index contributed by atoms with van der Waals surface area (Å²) in [6, 6.07) is 0. The minimum absolute atomic E-state index is 0.00494. The van der Waals surface area contributed by atoms with Gasteiger partial charge in [-0.25, -0.2) is 9.59 Å². The first-order valence-corrected chi connectivity index (χ1v) is 6.76. The Morgan fingerprint density at radius 3 is 1.95 bits per heavy atom. The van der Waals surface area contributed by atoms with Crippen molar-refractivity contribution in [2.45, 2.75) is 51.7 Å². The summed E-state index contributed by atoms with van der Waals surface area (Å²) in [7, 11) is 0. The van der Waals surface area contributed by atoms with Gasteiger partial charge in [0, 0.05) is 0 Å². The van der Waals surface area contributed by atoms with Crippen LogP contribution in [0.1, 0.15) is 40.5 Å². The van der Waals surface area contributed by atoms with Crippen LogP contribution in [0, 0.1) is 0 Å². The van der Waals surface area contributed by atoms with Crippen LogP contribution in [-0.2, 0) is 23.8 Å². The number of carbonyl (C=O) groups excluding carboxylic acids is 2. The van der Waals surface area contributed by atoms with Gasteiger partial charge in [0.15, 0.2) is 6.73 Å². The number of nitrogens with zero attached hydrogens (tertiary/aromatic N) is 2. The van der Waals surface area contributed by atoms with Crippen LogP contribution in [0.15, 0.2) is 9.98 Å². The molecule has 21 heavy (non-hydrogen) atoms. The molecule has 0 aliphatic rings. The van der Waals surface area contributed by atoms with Crippen molar-refractivity contribution in [3.8, 4) is 0 Å². The van der Waals surface area contributed by atoms with E-state index in [0.29, 0.717) is 26.1 Å². The Morgan fingerprint density at radius 1 is 0.810 bits per heavy atom. The van der Waals surface area contributed by atoms with E-state index in [1.807, 2.05) is 27.7 Å². The zero-order valence-electron chi connectivity index (χ0n) is 13.2. The Morgan fingerprint density at radius 2 is 1.33 bits per heavy atom. The highest BCUT2D eigenvalue weighted by molar-refractivity contribution is 5.32. The van der Waals surface area contributed by atoms with Crippen molar-refractivity contribution >= 4 is 12.2 Å². The predicted octanol–water partition coefficient (Wildman–Crippen LogP) is 1.96. The first-order valence-electron chi connectivity index (χ1n) is 6.76. The van der Waals surface area contributed by atoms with Gasteiger partial charge in [0.25, 0.3) is 0 Å². The molecule has 0 saturated carbocycles. The molecule has 0 aliphatic heterocycles. The zero-order chi connectivity index (χ0) is 16.2. The van der Waals surface area contributed by atoms with E-state index in [1.165, 1.54) is 12.2 Å². The van der Waals surface area contributed by atoms with E-state index in [-0.39, 0.29) is 19.1 Å². The van der Waals surface area contributed by atoms with E-state index >= 15 is 0 Å². The smallest absolute Gasteiger partial charge is 0.237 e. The lowest BCUT2D eigenvalue weighted by atomic mass is 10.0. The van der Waals surface area contributed by atoms with E-state index in [1.54, 1.807) is 0 Å². The fraction of sp³-hybridized carbons (Fsp3) is 0.857. The van der Waals surface area contributed by atoms with E-state index in [4.69, 9.17) is 14.2 Å². The molecule has 0 N–H and O–H groups in total. The Balaban J connectivity index is 3.90. The lowest BCUT2D eigenvalue weighted by Crippen LogP contribution is -2.31. The third-order valence-electron chi connectivity index (χ3n) is 2.85. The van der Waals surface area contributed by atoms with Gasteiger partial charge in [0.05, 0.1) is 24.4 Å². The van der Waals surface area contributed by atoms with Gasteiger partial charge in [-0.3, -0.25) is 0 Å². The van der Waals surface area contributed by atoms with Crippen molar-refractivity contribution in [1.29, 1.82) is 0 Å². The SMILES string of the molecule is CC(C)(CCOCN=C=O)OCCC(C)(C)OCN=C=O. The van der Waals surface area contributed by atoms with Crippen LogP contribution in [0.3, 0.4) is 0 Å². The topological polar surface area (TPSA) is 86.6 Å². The highest BCUT2D eigenvalue weighted by Crippen LogP contribution is 2.19. The maximum Gasteiger partial charge on any atom is 0.237 e. The maximum absolute atomic E-state index is 9.97. The van der Waals surface area contributed by atoms with Crippen LogP contribution in [0.5, 0.6) is 0 Å². The summed E-state index contributed by atoms with van der Waals surface area (Å²) in [5.74, 6) is 0. The number of aliphatic imine (C=N–C) groups is 2. The predicted molar refractivity (Wildman–Crippen MR) is 76.4 cm³/mol. The largest absolute Gasteiger partial charge is 0.375 e. The first-order chi connectivity index (χ1) is 9.83. The fourth-order valence-corrected chi connectivity index (χ4v) is 1.41. The Hall–Kier alpha value is -1.36. The molecule has 7 nitrogen and oxygen atoms in total. The summed E-state index contributed by atoms with van der Waals surface area (Å²) in [6.45, 7) is 8.73. The molecule has 0 fully saturated rings. The van der Waals surface area contributed by atoms with Crippen molar-refractivity contribution in [1.82, 2.24) is 0 Å². The summed E-state index contributed by atoms with van der Waals surface area (Å²) in [6.07, 6.45) is 4.19. The fourth-order valence-electron chi connectivity index (χ4n) is 1.41. The first kappa shape index (κ1) is 19.6. The molecule has 0 heterocycles. The second-order valence-corrected chi connectivity index (χ2v) is 5.68. The Labute approximate surface area is 125 Å². The summed E-state index contributed by atoms with van der Waals surface area (Å²) < 4.78 is 16.4. The molecule has 0 aliphatic carbocycles. The molecule has 0 bridgehead atoms. The molecule has 0 rings (SSSR count). The quantitative estimate of drug-likeness (QED) is 0.312. The van der Waals surface area contributed by atoms with Gasteiger partial charge in [0.1, 0.15) is 6.73 Å². The standard InChI is InChI=1S/C14H24N2O5/c1-13(2,5-7-19-11-15-9-17)20-8-6-14(3,4)21-12-16-10-18/h5-8,11-12H2,1-4H3. The highest BCUT2D eigenvalue weighted by Gasteiger charge is 2.22. The van der Waals surface area contributed by atoms with E-state index in [9.17, 15) is 9.59 Å². The van der Waals surface area contributed by atoms with E-state index in [0.717, 1.165) is 0 Å². The Kier molecular flexibility index (Phi) is 9.71. The Bertz CT molecular complexity index is 383. The molecular weight excluding hydrogens is 276 g/mol. The average molecular weight is 300 g/mol. The van der Waals surface area contributed by atoms with Gasteiger partial charge in [-0.1, -0.05) is 0 Å². The van der Waals surface area contributed by atoms with Crippen molar-refractivity contribution in [2.24, 2.45) is 9.98 Å². The lowest BCUT2D eigenvalue weighted by Gasteiger charge is -2.29. The van der Waals surface area contributed by atoms with Gasteiger partial charge < -0.3 is 14.2 Å². The zero-order valence-corrected chi connectivity index (χ0v) is 13.2. The number of rotatable bonds is 12. The van der Waals surface area contributed by atoms with Crippen molar-refractivity contribution in [3.63, 3.8) is 0 Å². The summed E-state index contributed by atoms with van der Waals surface area (Å²) in [5.41, 5.74) is -0.770. The highest BCUT2D eigenvalue weighted by atomic mass is 16.5. The van der Waals surface area contributed by atoms with Crippen LogP contribution in [0.4, 0.5) is 0 Å². The van der Waals surface area contributed by atoms with Crippen LogP contribution in [-0.4, -0.2) is 50.0 Å². The molecule has 0 aromatic rings. The van der Waals surface area contributed by atoms with Crippen LogP contribution >= 0.6 is 0 Å². The second kappa shape index (κ2) is 10.4. The molecule has 7 heteroatoms. The third-order valence-corrected chi connectivity index (χ3v) is 2.85. The summed E-state index contributed by atoms with van der Waals surface area (Å²) in [4.78, 5) is 26.5. The van der Waals surface area contributed by atoms with Crippen LogP contribution in [0.2, 0.25) is 0 Å². The van der Waals surface area contributed by atoms with Crippen molar-refractivity contribution in [2.75, 3.05) is 26.7 Å². The van der Waals surface area contributed by atoms with E-state index < -0.39 is 5.60 Å². The maximum atomic E-state index is 9.97. The second-order valence-electron chi connectivity index (χ2n) is 5.68. The van der Waals surface area contributed by atoms with Crippen molar-refractivity contribution < 1.29 is 23.8 Å². The minimum Gasteiger partial charge on any atom is -0.375 e. The molecule has 0 spiro atoms. The molecule has 0 unspecified atom stereocenters. The van der Waals surface area contributed by atoms with E-state index in [2.05, 4.69) is 9.98 Å². The minimum atomic E-state index is -0.425. The molecule has 0 atom stereocenters. The summed E-state index contributed by atoms with van der Waals surface area (Å²) in [5, 5.41) is 0. The normalized spacial score (nSPS) is 11.6. The summed E-state index contributed by atoms with van der Waals surface area (Å²) >= 11 is 0. The molecule has 0 aromatic carbocycles. The lowest BCUT2D eigenvalue weighted by molar-refractivity contribution is -0.0787. The number of isocyanates is 2. The van der Waals surface area contributed by atoms with Crippen LogP contribution in [0.25, 0.3) is 0 Å². The molecular formula is C14H24N2O5. The number of hydrogen-bond acceptors (Lipinski definition) is 7.